The van der Waals surface area contributed by atoms with E-state index in [2.05, 4.69) is 0 Å². The Labute approximate surface area is 110 Å². The Morgan fingerprint density at radius 3 is 2.89 bits per heavy atom. The molecule has 2 rings (SSSR count). The van der Waals surface area contributed by atoms with Gasteiger partial charge in [0.1, 0.15) is 6.26 Å². The summed E-state index contributed by atoms with van der Waals surface area (Å²) in [5, 5.41) is 17.6. The Balaban J connectivity index is 2.07. The van der Waals surface area contributed by atoms with Crippen LogP contribution in [0, 0.1) is 0 Å². The Hall–Kier alpha value is -1.82. The number of aliphatic hydroxyl groups is 1. The summed E-state index contributed by atoms with van der Waals surface area (Å²) >= 11 is 0. The minimum absolute atomic E-state index is 0.0190. The van der Waals surface area contributed by atoms with Gasteiger partial charge in [0.05, 0.1) is 5.56 Å². The second-order valence-corrected chi connectivity index (χ2v) is 4.67. The van der Waals surface area contributed by atoms with E-state index in [9.17, 15) is 9.59 Å². The maximum Gasteiger partial charge on any atom is 0.338 e. The molecule has 1 amide bonds. The zero-order valence-electron chi connectivity index (χ0n) is 10.5. The molecule has 6 nitrogen and oxygen atoms in total. The van der Waals surface area contributed by atoms with E-state index < -0.39 is 5.97 Å². The highest BCUT2D eigenvalue weighted by Crippen LogP contribution is 2.24. The Kier molecular flexibility index (Phi) is 4.21. The molecule has 2 heterocycles. The molecule has 1 aromatic heterocycles. The first-order valence-electron chi connectivity index (χ1n) is 6.37. The number of hydrogen-bond donors (Lipinski definition) is 2. The van der Waals surface area contributed by atoms with Crippen LogP contribution in [-0.4, -0.2) is 46.2 Å². The van der Waals surface area contributed by atoms with E-state index >= 15 is 0 Å². The van der Waals surface area contributed by atoms with Crippen molar-refractivity contribution in [1.29, 1.82) is 0 Å². The summed E-state index contributed by atoms with van der Waals surface area (Å²) < 4.78 is 5.03. The van der Waals surface area contributed by atoms with Gasteiger partial charge in [-0.05, 0) is 25.7 Å². The van der Waals surface area contributed by atoms with Gasteiger partial charge in [-0.2, -0.15) is 0 Å². The van der Waals surface area contributed by atoms with E-state index in [0.29, 0.717) is 13.0 Å². The van der Waals surface area contributed by atoms with Gasteiger partial charge in [-0.25, -0.2) is 4.79 Å². The maximum atomic E-state index is 12.2. The fourth-order valence-corrected chi connectivity index (χ4v) is 2.43. The highest BCUT2D eigenvalue weighted by Gasteiger charge is 2.30. The number of aliphatic hydroxyl groups excluding tert-OH is 1. The number of aromatic carboxylic acids is 1. The number of carboxylic acids is 1. The molecule has 104 valence electrons. The van der Waals surface area contributed by atoms with Crippen molar-refractivity contribution < 1.29 is 24.2 Å². The molecule has 1 fully saturated rings. The van der Waals surface area contributed by atoms with Crippen LogP contribution in [0.3, 0.4) is 0 Å². The number of amides is 1. The number of likely N-dealkylation sites (tertiary alicyclic amines) is 1. The van der Waals surface area contributed by atoms with Crippen LogP contribution in [0.1, 0.15) is 46.6 Å². The van der Waals surface area contributed by atoms with Crippen molar-refractivity contribution in [3.63, 3.8) is 0 Å². The van der Waals surface area contributed by atoms with Crippen LogP contribution < -0.4 is 0 Å². The lowest BCUT2D eigenvalue weighted by Gasteiger charge is -2.23. The SMILES string of the molecule is O=C(O)c1coc(C(=O)N2CCCC2CCCO)c1. The number of carbonyl (C=O) groups is 2. The molecule has 1 atom stereocenters. The number of rotatable bonds is 5. The van der Waals surface area contributed by atoms with Crippen LogP contribution in [0.25, 0.3) is 0 Å². The number of furan rings is 1. The van der Waals surface area contributed by atoms with Gasteiger partial charge in [0.15, 0.2) is 5.76 Å². The molecule has 1 aliphatic rings. The molecule has 0 spiro atoms. The summed E-state index contributed by atoms with van der Waals surface area (Å²) in [6.07, 6.45) is 4.34. The normalized spacial score (nSPS) is 18.8. The van der Waals surface area contributed by atoms with Crippen molar-refractivity contribution in [2.45, 2.75) is 31.7 Å². The van der Waals surface area contributed by atoms with Gasteiger partial charge < -0.3 is 19.5 Å². The molecular formula is C13H17NO5. The fourth-order valence-electron chi connectivity index (χ4n) is 2.43. The standard InChI is InChI=1S/C13H17NO5/c15-6-2-4-10-3-1-5-14(10)12(16)11-7-9(8-19-11)13(17)18/h7-8,10,15H,1-6H2,(H,17,18). The Morgan fingerprint density at radius 1 is 1.47 bits per heavy atom. The maximum absolute atomic E-state index is 12.2. The van der Waals surface area contributed by atoms with Crippen molar-refractivity contribution in [1.82, 2.24) is 4.90 Å². The number of carbonyl (C=O) groups excluding carboxylic acids is 1. The lowest BCUT2D eigenvalue weighted by atomic mass is 10.1. The molecule has 1 aromatic rings. The average Bonchev–Trinajstić information content (AvgIpc) is 3.04. The summed E-state index contributed by atoms with van der Waals surface area (Å²) in [4.78, 5) is 24.7. The van der Waals surface area contributed by atoms with Crippen molar-refractivity contribution in [2.24, 2.45) is 0 Å². The second-order valence-electron chi connectivity index (χ2n) is 4.67. The third-order valence-electron chi connectivity index (χ3n) is 3.39. The van der Waals surface area contributed by atoms with E-state index in [1.165, 1.54) is 6.07 Å². The quantitative estimate of drug-likeness (QED) is 0.840. The predicted octanol–water partition coefficient (Wildman–Crippen LogP) is 1.35. The Morgan fingerprint density at radius 2 is 2.26 bits per heavy atom. The van der Waals surface area contributed by atoms with Gasteiger partial charge in [0, 0.05) is 25.3 Å². The first-order chi connectivity index (χ1) is 9.13. The van der Waals surface area contributed by atoms with Gasteiger partial charge in [-0.1, -0.05) is 0 Å². The van der Waals surface area contributed by atoms with Gasteiger partial charge >= 0.3 is 5.97 Å². The van der Waals surface area contributed by atoms with Crippen molar-refractivity contribution in [3.05, 3.63) is 23.7 Å². The molecule has 0 saturated carbocycles. The molecule has 1 aliphatic heterocycles. The van der Waals surface area contributed by atoms with E-state index in [0.717, 1.165) is 25.5 Å². The molecule has 19 heavy (non-hydrogen) atoms. The largest absolute Gasteiger partial charge is 0.478 e. The minimum Gasteiger partial charge on any atom is -0.478 e. The van der Waals surface area contributed by atoms with Gasteiger partial charge in [0.25, 0.3) is 5.91 Å². The topological polar surface area (TPSA) is 91.0 Å². The van der Waals surface area contributed by atoms with E-state index in [-0.39, 0.29) is 29.9 Å². The predicted molar refractivity (Wildman–Crippen MR) is 66.0 cm³/mol. The van der Waals surface area contributed by atoms with Crippen LogP contribution in [0.2, 0.25) is 0 Å². The minimum atomic E-state index is -1.11. The average molecular weight is 267 g/mol. The molecule has 0 bridgehead atoms. The molecule has 0 aliphatic carbocycles. The molecule has 0 radical (unpaired) electrons. The monoisotopic (exact) mass is 267 g/mol. The lowest BCUT2D eigenvalue weighted by molar-refractivity contribution is 0.0685. The third kappa shape index (κ3) is 2.96. The Bertz CT molecular complexity index is 467. The third-order valence-corrected chi connectivity index (χ3v) is 3.39. The summed E-state index contributed by atoms with van der Waals surface area (Å²) in [5.74, 6) is -1.32. The van der Waals surface area contributed by atoms with Gasteiger partial charge in [-0.15, -0.1) is 0 Å². The van der Waals surface area contributed by atoms with Crippen molar-refractivity contribution in [3.8, 4) is 0 Å². The first-order valence-corrected chi connectivity index (χ1v) is 6.37. The molecule has 6 heteroatoms. The van der Waals surface area contributed by atoms with E-state index in [1.54, 1.807) is 4.90 Å². The van der Waals surface area contributed by atoms with Crippen LogP contribution in [0.4, 0.5) is 0 Å². The summed E-state index contributed by atoms with van der Waals surface area (Å²) in [6.45, 7) is 0.764. The molecule has 1 saturated heterocycles. The van der Waals surface area contributed by atoms with Crippen LogP contribution in [-0.2, 0) is 0 Å². The van der Waals surface area contributed by atoms with E-state index in [4.69, 9.17) is 14.6 Å². The van der Waals surface area contributed by atoms with E-state index in [1.807, 2.05) is 0 Å². The highest BCUT2D eigenvalue weighted by molar-refractivity contribution is 5.95. The second kappa shape index (κ2) is 5.88. The number of nitrogens with zero attached hydrogens (tertiary/aromatic N) is 1. The lowest BCUT2D eigenvalue weighted by Crippen LogP contribution is -2.35. The van der Waals surface area contributed by atoms with Crippen LogP contribution in [0.5, 0.6) is 0 Å². The number of carboxylic acid groups (broad SMARTS) is 1. The summed E-state index contributed by atoms with van der Waals surface area (Å²) in [7, 11) is 0. The van der Waals surface area contributed by atoms with Gasteiger partial charge in [-0.3, -0.25) is 4.79 Å². The highest BCUT2D eigenvalue weighted by atomic mass is 16.4. The van der Waals surface area contributed by atoms with Crippen molar-refractivity contribution >= 4 is 11.9 Å². The first kappa shape index (κ1) is 13.6. The summed E-state index contributed by atoms with van der Waals surface area (Å²) in [6, 6.07) is 1.37. The smallest absolute Gasteiger partial charge is 0.338 e. The zero-order valence-corrected chi connectivity index (χ0v) is 10.5. The molecule has 0 aromatic carbocycles. The van der Waals surface area contributed by atoms with Crippen LogP contribution >= 0.6 is 0 Å². The molecular weight excluding hydrogens is 250 g/mol. The number of hydrogen-bond acceptors (Lipinski definition) is 4. The molecule has 2 N–H and O–H groups in total. The van der Waals surface area contributed by atoms with Crippen LogP contribution in [0.15, 0.2) is 16.7 Å². The van der Waals surface area contributed by atoms with Gasteiger partial charge in [0.2, 0.25) is 0 Å². The van der Waals surface area contributed by atoms with Crippen molar-refractivity contribution in [2.75, 3.05) is 13.2 Å². The summed E-state index contributed by atoms with van der Waals surface area (Å²) in [5.41, 5.74) is -0.0190. The molecule has 1 unspecified atom stereocenters. The zero-order chi connectivity index (χ0) is 13.8. The fraction of sp³-hybridized carbons (Fsp3) is 0.538.